The second kappa shape index (κ2) is 2.95. The van der Waals surface area contributed by atoms with Gasteiger partial charge in [-0.05, 0) is 13.8 Å². The number of rotatable bonds is 3. The lowest BCUT2D eigenvalue weighted by Crippen LogP contribution is -2.57. The molecule has 0 aliphatic carbocycles. The molecular formula is C6H10F2O4. The number of carboxylic acids is 1. The van der Waals surface area contributed by atoms with Gasteiger partial charge in [0.25, 0.3) is 0 Å². The van der Waals surface area contributed by atoms with Gasteiger partial charge in [0.05, 0.1) is 6.10 Å². The predicted octanol–water partition coefficient (Wildman–Crippen LogP) is -0.162. The average molecular weight is 184 g/mol. The Morgan fingerprint density at radius 3 is 1.92 bits per heavy atom. The van der Waals surface area contributed by atoms with Crippen molar-refractivity contribution in [2.45, 2.75) is 31.5 Å². The maximum atomic E-state index is 12.6. The van der Waals surface area contributed by atoms with Crippen molar-refractivity contribution in [2.24, 2.45) is 0 Å². The first-order valence-electron chi connectivity index (χ1n) is 3.15. The molecule has 0 radical (unpaired) electrons. The van der Waals surface area contributed by atoms with E-state index < -0.39 is 23.6 Å². The highest BCUT2D eigenvalue weighted by atomic mass is 19.3. The Morgan fingerprint density at radius 1 is 1.50 bits per heavy atom. The minimum absolute atomic E-state index is 0.561. The smallest absolute Gasteiger partial charge is 0.377 e. The van der Waals surface area contributed by atoms with Gasteiger partial charge in [-0.15, -0.1) is 0 Å². The summed E-state index contributed by atoms with van der Waals surface area (Å²) in [5.74, 6) is -6.82. The fourth-order valence-electron chi connectivity index (χ4n) is 0.479. The highest BCUT2D eigenvalue weighted by Gasteiger charge is 2.58. The number of hydrogen-bond acceptors (Lipinski definition) is 3. The van der Waals surface area contributed by atoms with Crippen molar-refractivity contribution in [1.82, 2.24) is 0 Å². The molecular weight excluding hydrogens is 174 g/mol. The van der Waals surface area contributed by atoms with E-state index in [0.29, 0.717) is 6.92 Å². The van der Waals surface area contributed by atoms with Gasteiger partial charge in [0, 0.05) is 0 Å². The molecule has 0 saturated heterocycles. The number of hydrogen-bond donors (Lipinski definition) is 3. The minimum atomic E-state index is -4.36. The Labute approximate surface area is 67.4 Å². The zero-order valence-electron chi connectivity index (χ0n) is 6.58. The maximum absolute atomic E-state index is 12.6. The van der Waals surface area contributed by atoms with Crippen LogP contribution in [0.4, 0.5) is 8.78 Å². The number of halogens is 2. The molecule has 0 aromatic rings. The Morgan fingerprint density at radius 2 is 1.83 bits per heavy atom. The van der Waals surface area contributed by atoms with Gasteiger partial charge in [0.2, 0.25) is 0 Å². The molecule has 0 spiro atoms. The van der Waals surface area contributed by atoms with Crippen LogP contribution in [0.2, 0.25) is 0 Å². The molecule has 2 atom stereocenters. The summed E-state index contributed by atoms with van der Waals surface area (Å²) in [6.45, 7) is 1.45. The summed E-state index contributed by atoms with van der Waals surface area (Å²) in [5, 5.41) is 25.6. The summed E-state index contributed by atoms with van der Waals surface area (Å²) in [5.41, 5.74) is -2.96. The normalized spacial score (nSPS) is 19.8. The second-order valence-corrected chi connectivity index (χ2v) is 2.70. The molecule has 0 rings (SSSR count). The number of alkyl halides is 2. The second-order valence-electron chi connectivity index (χ2n) is 2.70. The number of aliphatic hydroxyl groups is 2. The largest absolute Gasteiger partial charge is 0.477 e. The van der Waals surface area contributed by atoms with E-state index in [2.05, 4.69) is 0 Å². The van der Waals surface area contributed by atoms with Gasteiger partial charge in [0.15, 0.2) is 5.60 Å². The molecule has 0 aliphatic rings. The molecule has 0 heterocycles. The monoisotopic (exact) mass is 184 g/mol. The van der Waals surface area contributed by atoms with E-state index in [0.717, 1.165) is 6.92 Å². The van der Waals surface area contributed by atoms with Gasteiger partial charge < -0.3 is 15.3 Å². The molecule has 0 fully saturated rings. The number of carbonyl (C=O) groups is 1. The van der Waals surface area contributed by atoms with Crippen LogP contribution in [0.15, 0.2) is 0 Å². The highest BCUT2D eigenvalue weighted by molar-refractivity contribution is 5.77. The lowest BCUT2D eigenvalue weighted by atomic mass is 9.92. The van der Waals surface area contributed by atoms with Crippen molar-refractivity contribution in [3.8, 4) is 0 Å². The van der Waals surface area contributed by atoms with Crippen molar-refractivity contribution in [3.05, 3.63) is 0 Å². The van der Waals surface area contributed by atoms with E-state index in [1.165, 1.54) is 0 Å². The molecule has 0 saturated carbocycles. The average Bonchev–Trinajstić information content (AvgIpc) is 1.86. The van der Waals surface area contributed by atoms with Crippen molar-refractivity contribution in [1.29, 1.82) is 0 Å². The summed E-state index contributed by atoms with van der Waals surface area (Å²) in [6.07, 6.45) is -1.83. The first kappa shape index (κ1) is 11.2. The predicted molar refractivity (Wildman–Crippen MR) is 34.9 cm³/mol. The van der Waals surface area contributed by atoms with Crippen LogP contribution in [0.5, 0.6) is 0 Å². The van der Waals surface area contributed by atoms with Crippen molar-refractivity contribution >= 4 is 5.97 Å². The molecule has 4 nitrogen and oxygen atoms in total. The number of aliphatic carboxylic acids is 1. The van der Waals surface area contributed by atoms with Crippen LogP contribution in [-0.4, -0.2) is 38.9 Å². The Balaban J connectivity index is 4.88. The molecule has 6 heteroatoms. The molecule has 3 N–H and O–H groups in total. The van der Waals surface area contributed by atoms with Crippen molar-refractivity contribution in [2.75, 3.05) is 0 Å². The standard InChI is InChI=1S/C6H10F2O4/c1-3(9)5(2,12)6(7,8)4(10)11/h3,9,12H,1-2H3,(H,10,11). The van der Waals surface area contributed by atoms with Crippen LogP contribution in [0.3, 0.4) is 0 Å². The quantitative estimate of drug-likeness (QED) is 0.569. The Kier molecular flexibility index (Phi) is 2.76. The first-order valence-corrected chi connectivity index (χ1v) is 3.15. The fourth-order valence-corrected chi connectivity index (χ4v) is 0.479. The summed E-state index contributed by atoms with van der Waals surface area (Å²) < 4.78 is 25.1. The zero-order chi connectivity index (χ0) is 10.2. The topological polar surface area (TPSA) is 77.8 Å². The first-order chi connectivity index (χ1) is 5.14. The van der Waals surface area contributed by atoms with Gasteiger partial charge >= 0.3 is 11.9 Å². The molecule has 0 aromatic carbocycles. The molecule has 0 bridgehead atoms. The molecule has 12 heavy (non-hydrogen) atoms. The van der Waals surface area contributed by atoms with E-state index in [9.17, 15) is 13.6 Å². The molecule has 72 valence electrons. The van der Waals surface area contributed by atoms with Crippen LogP contribution >= 0.6 is 0 Å². The van der Waals surface area contributed by atoms with Crippen LogP contribution in [0, 0.1) is 0 Å². The van der Waals surface area contributed by atoms with E-state index in [4.69, 9.17) is 15.3 Å². The van der Waals surface area contributed by atoms with Crippen molar-refractivity contribution in [3.63, 3.8) is 0 Å². The lowest BCUT2D eigenvalue weighted by molar-refractivity contribution is -0.225. The third kappa shape index (κ3) is 1.54. The maximum Gasteiger partial charge on any atom is 0.377 e. The number of aliphatic hydroxyl groups excluding tert-OH is 1. The van der Waals surface area contributed by atoms with E-state index >= 15 is 0 Å². The molecule has 0 aliphatic heterocycles. The Bertz CT molecular complexity index is 188. The van der Waals surface area contributed by atoms with Gasteiger partial charge in [0.1, 0.15) is 0 Å². The molecule has 0 amide bonds. The molecule has 2 unspecified atom stereocenters. The highest BCUT2D eigenvalue weighted by Crippen LogP contribution is 2.31. The fraction of sp³-hybridized carbons (Fsp3) is 0.833. The van der Waals surface area contributed by atoms with Gasteiger partial charge in [-0.2, -0.15) is 8.78 Å². The Hall–Kier alpha value is -0.750. The van der Waals surface area contributed by atoms with Crippen molar-refractivity contribution < 1.29 is 28.9 Å². The van der Waals surface area contributed by atoms with Crippen LogP contribution in [0.1, 0.15) is 13.8 Å². The SMILES string of the molecule is CC(O)C(C)(O)C(F)(F)C(=O)O. The zero-order valence-corrected chi connectivity index (χ0v) is 6.58. The van der Waals surface area contributed by atoms with E-state index in [1.54, 1.807) is 0 Å². The van der Waals surface area contributed by atoms with Gasteiger partial charge in [-0.3, -0.25) is 0 Å². The summed E-state index contributed by atoms with van der Waals surface area (Å²) in [6, 6.07) is 0. The summed E-state index contributed by atoms with van der Waals surface area (Å²) >= 11 is 0. The van der Waals surface area contributed by atoms with Gasteiger partial charge in [-0.1, -0.05) is 0 Å². The van der Waals surface area contributed by atoms with Gasteiger partial charge in [-0.25, -0.2) is 4.79 Å². The number of carboxylic acid groups (broad SMARTS) is 1. The summed E-state index contributed by atoms with van der Waals surface area (Å²) in [7, 11) is 0. The van der Waals surface area contributed by atoms with Crippen LogP contribution in [0.25, 0.3) is 0 Å². The third-order valence-electron chi connectivity index (χ3n) is 1.72. The van der Waals surface area contributed by atoms with E-state index in [1.807, 2.05) is 0 Å². The molecule has 0 aromatic heterocycles. The lowest BCUT2D eigenvalue weighted by Gasteiger charge is -2.31. The summed E-state index contributed by atoms with van der Waals surface area (Å²) in [4.78, 5) is 9.95. The van der Waals surface area contributed by atoms with Crippen LogP contribution < -0.4 is 0 Å². The minimum Gasteiger partial charge on any atom is -0.477 e. The van der Waals surface area contributed by atoms with E-state index in [-0.39, 0.29) is 0 Å². The van der Waals surface area contributed by atoms with Crippen LogP contribution in [-0.2, 0) is 4.79 Å². The third-order valence-corrected chi connectivity index (χ3v) is 1.72.